The second-order valence-corrected chi connectivity index (χ2v) is 5.16. The van der Waals surface area contributed by atoms with Crippen molar-refractivity contribution in [3.63, 3.8) is 0 Å². The Morgan fingerprint density at radius 2 is 1.95 bits per heavy atom. The zero-order chi connectivity index (χ0) is 15.6. The average molecular weight is 377 g/mol. The van der Waals surface area contributed by atoms with Crippen LogP contribution in [0.25, 0.3) is 0 Å². The minimum Gasteiger partial charge on any atom is -0.338 e. The zero-order valence-electron chi connectivity index (χ0n) is 10.2. The van der Waals surface area contributed by atoms with E-state index in [1.807, 2.05) is 6.07 Å². The van der Waals surface area contributed by atoms with Gasteiger partial charge in [-0.15, -0.1) is 0 Å². The van der Waals surface area contributed by atoms with Crippen LogP contribution in [-0.4, -0.2) is 4.98 Å². The molecule has 1 heterocycles. The largest absolute Gasteiger partial charge is 0.433 e. The third-order valence-electron chi connectivity index (χ3n) is 2.51. The van der Waals surface area contributed by atoms with Crippen LogP contribution < -0.4 is 5.32 Å². The van der Waals surface area contributed by atoms with Crippen molar-refractivity contribution in [2.24, 2.45) is 0 Å². The maximum atomic E-state index is 12.7. The van der Waals surface area contributed by atoms with E-state index >= 15 is 0 Å². The number of benzene rings is 1. The Morgan fingerprint density at radius 1 is 1.24 bits per heavy atom. The van der Waals surface area contributed by atoms with E-state index in [4.69, 9.17) is 16.9 Å². The average Bonchev–Trinajstić information content (AvgIpc) is 2.42. The van der Waals surface area contributed by atoms with Gasteiger partial charge in [0.25, 0.3) is 0 Å². The molecule has 2 aromatic rings. The van der Waals surface area contributed by atoms with Crippen LogP contribution in [0.15, 0.2) is 34.8 Å². The standard InChI is InChI=1S/C13H6BrClF3N3/c14-8-4-5-10(13(16,17)18)21-12(8)20-9-3-1-2-7(6-19)11(9)15/h1-5H,(H,20,21). The van der Waals surface area contributed by atoms with Crippen molar-refractivity contribution in [1.82, 2.24) is 4.98 Å². The van der Waals surface area contributed by atoms with Crippen LogP contribution >= 0.6 is 27.5 Å². The summed E-state index contributed by atoms with van der Waals surface area (Å²) in [6, 6.07) is 8.59. The number of aromatic nitrogens is 1. The Kier molecular flexibility index (Phi) is 4.40. The summed E-state index contributed by atoms with van der Waals surface area (Å²) in [6.07, 6.45) is -4.55. The van der Waals surface area contributed by atoms with E-state index in [9.17, 15) is 13.2 Å². The molecular weight excluding hydrogens is 371 g/mol. The summed E-state index contributed by atoms with van der Waals surface area (Å²) in [4.78, 5) is 3.51. The van der Waals surface area contributed by atoms with Gasteiger partial charge in [0, 0.05) is 0 Å². The number of anilines is 2. The predicted octanol–water partition coefficient (Wildman–Crippen LogP) is 5.13. The maximum Gasteiger partial charge on any atom is 0.433 e. The van der Waals surface area contributed by atoms with Crippen LogP contribution in [0.1, 0.15) is 11.3 Å². The van der Waals surface area contributed by atoms with E-state index in [1.54, 1.807) is 6.07 Å². The summed E-state index contributed by atoms with van der Waals surface area (Å²) in [6.45, 7) is 0. The number of nitriles is 1. The van der Waals surface area contributed by atoms with Crippen LogP contribution in [0, 0.1) is 11.3 Å². The third kappa shape index (κ3) is 3.46. The maximum absolute atomic E-state index is 12.7. The van der Waals surface area contributed by atoms with Gasteiger partial charge in [-0.3, -0.25) is 0 Å². The summed E-state index contributed by atoms with van der Waals surface area (Å²) in [5, 5.41) is 11.7. The summed E-state index contributed by atoms with van der Waals surface area (Å²) < 4.78 is 38.3. The lowest BCUT2D eigenvalue weighted by Crippen LogP contribution is -2.09. The fraction of sp³-hybridized carbons (Fsp3) is 0.0769. The number of nitrogens with one attached hydrogen (secondary N) is 1. The number of hydrogen-bond donors (Lipinski definition) is 1. The molecule has 0 aliphatic carbocycles. The van der Waals surface area contributed by atoms with Crippen molar-refractivity contribution in [3.05, 3.63) is 51.1 Å². The second kappa shape index (κ2) is 5.92. The second-order valence-electron chi connectivity index (χ2n) is 3.93. The van der Waals surface area contributed by atoms with Gasteiger partial charge in [0.1, 0.15) is 17.6 Å². The summed E-state index contributed by atoms with van der Waals surface area (Å²) in [7, 11) is 0. The van der Waals surface area contributed by atoms with Crippen LogP contribution in [0.5, 0.6) is 0 Å². The molecule has 1 aromatic heterocycles. The first-order valence-corrected chi connectivity index (χ1v) is 6.69. The normalized spacial score (nSPS) is 11.0. The SMILES string of the molecule is N#Cc1cccc(Nc2nc(C(F)(F)F)ccc2Br)c1Cl. The van der Waals surface area contributed by atoms with Crippen LogP contribution in [0.2, 0.25) is 5.02 Å². The number of halogens is 5. The van der Waals surface area contributed by atoms with Crippen molar-refractivity contribution in [2.45, 2.75) is 6.18 Å². The number of alkyl halides is 3. The fourth-order valence-corrected chi connectivity index (χ4v) is 2.07. The number of rotatable bonds is 2. The molecule has 0 aliphatic rings. The molecule has 0 bridgehead atoms. The van der Waals surface area contributed by atoms with Crippen molar-refractivity contribution >= 4 is 39.0 Å². The molecule has 0 atom stereocenters. The molecule has 0 unspecified atom stereocenters. The van der Waals surface area contributed by atoms with Gasteiger partial charge in [0.2, 0.25) is 0 Å². The van der Waals surface area contributed by atoms with Gasteiger partial charge in [0.15, 0.2) is 0 Å². The quantitative estimate of drug-likeness (QED) is 0.790. The highest BCUT2D eigenvalue weighted by molar-refractivity contribution is 9.10. The molecule has 0 radical (unpaired) electrons. The zero-order valence-corrected chi connectivity index (χ0v) is 12.5. The molecule has 108 valence electrons. The highest BCUT2D eigenvalue weighted by Crippen LogP contribution is 2.34. The van der Waals surface area contributed by atoms with Crippen LogP contribution in [-0.2, 0) is 6.18 Å². The van der Waals surface area contributed by atoms with Gasteiger partial charge < -0.3 is 5.32 Å². The van der Waals surface area contributed by atoms with E-state index < -0.39 is 11.9 Å². The smallest absolute Gasteiger partial charge is 0.338 e. The molecule has 0 spiro atoms. The molecule has 1 N–H and O–H groups in total. The Labute approximate surface area is 131 Å². The van der Waals surface area contributed by atoms with E-state index in [-0.39, 0.29) is 16.4 Å². The van der Waals surface area contributed by atoms with Crippen molar-refractivity contribution in [2.75, 3.05) is 5.32 Å². The molecule has 2 rings (SSSR count). The molecule has 1 aromatic carbocycles. The highest BCUT2D eigenvalue weighted by atomic mass is 79.9. The van der Waals surface area contributed by atoms with Crippen LogP contribution in [0.3, 0.4) is 0 Å². The Hall–Kier alpha value is -1.78. The highest BCUT2D eigenvalue weighted by Gasteiger charge is 2.33. The molecule has 3 nitrogen and oxygen atoms in total. The van der Waals surface area contributed by atoms with Crippen molar-refractivity contribution in [1.29, 1.82) is 5.26 Å². The lowest BCUT2D eigenvalue weighted by atomic mass is 10.2. The van der Waals surface area contributed by atoms with Gasteiger partial charge in [-0.1, -0.05) is 17.7 Å². The lowest BCUT2D eigenvalue weighted by molar-refractivity contribution is -0.141. The molecular formula is C13H6BrClF3N3. The van der Waals surface area contributed by atoms with Crippen molar-refractivity contribution in [3.8, 4) is 6.07 Å². The Morgan fingerprint density at radius 3 is 2.57 bits per heavy atom. The molecule has 0 saturated heterocycles. The molecule has 8 heteroatoms. The van der Waals surface area contributed by atoms with E-state index in [1.165, 1.54) is 18.2 Å². The molecule has 0 saturated carbocycles. The van der Waals surface area contributed by atoms with Crippen LogP contribution in [0.4, 0.5) is 24.7 Å². The molecule has 0 amide bonds. The van der Waals surface area contributed by atoms with E-state index in [0.717, 1.165) is 6.07 Å². The monoisotopic (exact) mass is 375 g/mol. The first kappa shape index (κ1) is 15.6. The Bertz CT molecular complexity index is 726. The van der Waals surface area contributed by atoms with Gasteiger partial charge in [-0.2, -0.15) is 18.4 Å². The number of hydrogen-bond acceptors (Lipinski definition) is 3. The predicted molar refractivity (Wildman–Crippen MR) is 76.4 cm³/mol. The lowest BCUT2D eigenvalue weighted by Gasteiger charge is -2.12. The molecule has 0 fully saturated rings. The van der Waals surface area contributed by atoms with Gasteiger partial charge >= 0.3 is 6.18 Å². The summed E-state index contributed by atoms with van der Waals surface area (Å²) >= 11 is 9.10. The summed E-state index contributed by atoms with van der Waals surface area (Å²) in [5.74, 6) is -0.0400. The molecule has 0 aliphatic heterocycles. The van der Waals surface area contributed by atoms with Gasteiger partial charge in [0.05, 0.1) is 20.7 Å². The minimum atomic E-state index is -4.55. The van der Waals surface area contributed by atoms with E-state index in [0.29, 0.717) is 10.2 Å². The fourth-order valence-electron chi connectivity index (χ4n) is 1.53. The number of nitrogens with zero attached hydrogens (tertiary/aromatic N) is 2. The Balaban J connectivity index is 2.43. The topological polar surface area (TPSA) is 48.7 Å². The molecule has 21 heavy (non-hydrogen) atoms. The number of pyridine rings is 1. The first-order chi connectivity index (χ1) is 9.82. The minimum absolute atomic E-state index is 0.0400. The van der Waals surface area contributed by atoms with E-state index in [2.05, 4.69) is 26.2 Å². The van der Waals surface area contributed by atoms with Gasteiger partial charge in [-0.25, -0.2) is 4.98 Å². The summed E-state index contributed by atoms with van der Waals surface area (Å²) in [5.41, 5.74) is -0.520. The first-order valence-electron chi connectivity index (χ1n) is 5.52. The van der Waals surface area contributed by atoms with Gasteiger partial charge in [-0.05, 0) is 40.2 Å². The third-order valence-corrected chi connectivity index (χ3v) is 3.56. The van der Waals surface area contributed by atoms with Crippen molar-refractivity contribution < 1.29 is 13.2 Å².